The van der Waals surface area contributed by atoms with Crippen molar-refractivity contribution in [2.75, 3.05) is 13.0 Å². The monoisotopic (exact) mass is 260 g/mol. The van der Waals surface area contributed by atoms with Crippen molar-refractivity contribution in [2.45, 2.75) is 18.7 Å². The topological polar surface area (TPSA) is 26.3 Å². The van der Waals surface area contributed by atoms with E-state index in [9.17, 15) is 4.79 Å². The minimum absolute atomic E-state index is 0.308. The molecule has 0 atom stereocenters. The molecule has 4 heteroatoms. The van der Waals surface area contributed by atoms with Gasteiger partial charge in [-0.15, -0.1) is 23.2 Å². The average Bonchev–Trinajstić information content (AvgIpc) is 2.34. The van der Waals surface area contributed by atoms with Crippen LogP contribution in [0.25, 0.3) is 0 Å². The smallest absolute Gasteiger partial charge is 0.338 e. The van der Waals surface area contributed by atoms with Crippen LogP contribution in [0.2, 0.25) is 0 Å². The summed E-state index contributed by atoms with van der Waals surface area (Å²) in [6.45, 7) is 0. The summed E-state index contributed by atoms with van der Waals surface area (Å²) in [6, 6.07) is 5.54. The largest absolute Gasteiger partial charge is 0.465 e. The molecule has 0 saturated carbocycles. The fraction of sp³-hybridized carbons (Fsp3) is 0.417. The van der Waals surface area contributed by atoms with Crippen molar-refractivity contribution < 1.29 is 9.53 Å². The van der Waals surface area contributed by atoms with Gasteiger partial charge in [0.2, 0.25) is 0 Å². The van der Waals surface area contributed by atoms with E-state index in [-0.39, 0.29) is 5.97 Å². The van der Waals surface area contributed by atoms with Crippen LogP contribution in [0, 0.1) is 0 Å². The summed E-state index contributed by atoms with van der Waals surface area (Å²) in [7, 11) is 1.37. The van der Waals surface area contributed by atoms with Gasteiger partial charge in [0.25, 0.3) is 0 Å². The molecule has 0 unspecified atom stereocenters. The van der Waals surface area contributed by atoms with Crippen molar-refractivity contribution in [3.05, 3.63) is 34.9 Å². The third-order valence-electron chi connectivity index (χ3n) is 2.39. The van der Waals surface area contributed by atoms with Gasteiger partial charge in [-0.3, -0.25) is 0 Å². The number of hydrogen-bond donors (Lipinski definition) is 0. The van der Waals surface area contributed by atoms with Crippen molar-refractivity contribution in [3.63, 3.8) is 0 Å². The molecule has 0 fully saturated rings. The Kier molecular flexibility index (Phi) is 5.64. The van der Waals surface area contributed by atoms with E-state index in [0.717, 1.165) is 24.0 Å². The van der Waals surface area contributed by atoms with Gasteiger partial charge in [-0.2, -0.15) is 0 Å². The number of alkyl halides is 2. The molecule has 1 aromatic rings. The zero-order chi connectivity index (χ0) is 12.0. The fourth-order valence-corrected chi connectivity index (χ4v) is 2.03. The van der Waals surface area contributed by atoms with Gasteiger partial charge in [0.1, 0.15) is 0 Å². The van der Waals surface area contributed by atoms with E-state index in [2.05, 4.69) is 0 Å². The lowest BCUT2D eigenvalue weighted by atomic mass is 9.99. The zero-order valence-corrected chi connectivity index (χ0v) is 10.6. The van der Waals surface area contributed by atoms with Gasteiger partial charge in [0.05, 0.1) is 12.7 Å². The number of hydrogen-bond acceptors (Lipinski definition) is 2. The summed E-state index contributed by atoms with van der Waals surface area (Å²) in [5, 5.41) is 0. The van der Waals surface area contributed by atoms with Crippen LogP contribution >= 0.6 is 23.2 Å². The van der Waals surface area contributed by atoms with Crippen molar-refractivity contribution in [2.24, 2.45) is 0 Å². The predicted molar refractivity (Wildman–Crippen MR) is 66.4 cm³/mol. The molecular weight excluding hydrogens is 247 g/mol. The minimum Gasteiger partial charge on any atom is -0.465 e. The Morgan fingerprint density at radius 2 is 2.12 bits per heavy atom. The molecule has 0 radical (unpaired) electrons. The Hall–Kier alpha value is -0.730. The number of halogens is 2. The highest BCUT2D eigenvalue weighted by atomic mass is 35.5. The molecule has 1 rings (SSSR count). The maximum atomic E-state index is 11.5. The molecule has 88 valence electrons. The van der Waals surface area contributed by atoms with E-state index in [1.54, 1.807) is 6.07 Å². The first-order valence-corrected chi connectivity index (χ1v) is 6.12. The summed E-state index contributed by atoms with van der Waals surface area (Å²) in [6.07, 6.45) is 1.70. The lowest BCUT2D eigenvalue weighted by molar-refractivity contribution is 0.0599. The van der Waals surface area contributed by atoms with Gasteiger partial charge in [-0.1, -0.05) is 12.1 Å². The maximum absolute atomic E-state index is 11.5. The predicted octanol–water partition coefficient (Wildman–Crippen LogP) is 3.38. The fourth-order valence-electron chi connectivity index (χ4n) is 1.59. The third-order valence-corrected chi connectivity index (χ3v) is 2.93. The molecule has 0 N–H and O–H groups in total. The maximum Gasteiger partial charge on any atom is 0.338 e. The summed E-state index contributed by atoms with van der Waals surface area (Å²) in [5.41, 5.74) is 2.46. The van der Waals surface area contributed by atoms with Gasteiger partial charge < -0.3 is 4.74 Å². The van der Waals surface area contributed by atoms with E-state index in [4.69, 9.17) is 27.9 Å². The second-order valence-electron chi connectivity index (χ2n) is 3.36. The van der Waals surface area contributed by atoms with Crippen molar-refractivity contribution >= 4 is 29.2 Å². The third kappa shape index (κ3) is 3.13. The number of aryl methyl sites for hydroxylation is 1. The van der Waals surface area contributed by atoms with Gasteiger partial charge in [0.15, 0.2) is 0 Å². The quantitative estimate of drug-likeness (QED) is 0.600. The highest BCUT2D eigenvalue weighted by Gasteiger charge is 2.13. The number of esters is 1. The summed E-state index contributed by atoms with van der Waals surface area (Å²) in [5.74, 6) is 0.566. The number of rotatable bonds is 5. The lowest BCUT2D eigenvalue weighted by Crippen LogP contribution is -2.07. The molecule has 0 heterocycles. The van der Waals surface area contributed by atoms with Crippen LogP contribution in [0.3, 0.4) is 0 Å². The van der Waals surface area contributed by atoms with E-state index in [1.807, 2.05) is 12.1 Å². The lowest BCUT2D eigenvalue weighted by Gasteiger charge is -2.10. The summed E-state index contributed by atoms with van der Waals surface area (Å²) >= 11 is 11.5. The second-order valence-corrected chi connectivity index (χ2v) is 4.01. The van der Waals surface area contributed by atoms with Crippen molar-refractivity contribution in [3.8, 4) is 0 Å². The van der Waals surface area contributed by atoms with Crippen LogP contribution in [-0.4, -0.2) is 19.0 Å². The normalized spacial score (nSPS) is 10.2. The number of carbonyl (C=O) groups excluding carboxylic acids is 1. The van der Waals surface area contributed by atoms with Crippen LogP contribution in [-0.2, 0) is 17.0 Å². The standard InChI is InChI=1S/C12H14Cl2O2/c1-16-12(15)10-6-2-4-9(5-3-7-13)11(10)8-14/h2,4,6H,3,5,7-8H2,1H3. The zero-order valence-electron chi connectivity index (χ0n) is 9.13. The molecule has 0 amide bonds. The van der Waals surface area contributed by atoms with Gasteiger partial charge in [0, 0.05) is 11.8 Å². The molecule has 0 aliphatic rings. The van der Waals surface area contributed by atoms with Crippen LogP contribution in [0.5, 0.6) is 0 Å². The molecule has 0 bridgehead atoms. The van der Waals surface area contributed by atoms with Gasteiger partial charge in [-0.05, 0) is 30.0 Å². The first-order chi connectivity index (χ1) is 7.74. The van der Waals surface area contributed by atoms with E-state index >= 15 is 0 Å². The van der Waals surface area contributed by atoms with Crippen LogP contribution in [0.1, 0.15) is 27.9 Å². The Balaban J connectivity index is 3.05. The first kappa shape index (κ1) is 13.3. The molecule has 2 nitrogen and oxygen atoms in total. The van der Waals surface area contributed by atoms with Crippen LogP contribution < -0.4 is 0 Å². The summed E-state index contributed by atoms with van der Waals surface area (Å²) < 4.78 is 4.71. The Morgan fingerprint density at radius 1 is 1.38 bits per heavy atom. The first-order valence-electron chi connectivity index (χ1n) is 5.05. The van der Waals surface area contributed by atoms with Crippen molar-refractivity contribution in [1.82, 2.24) is 0 Å². The average molecular weight is 261 g/mol. The number of benzene rings is 1. The number of ether oxygens (including phenoxy) is 1. The summed E-state index contributed by atoms with van der Waals surface area (Å²) in [4.78, 5) is 11.5. The molecule has 0 saturated heterocycles. The SMILES string of the molecule is COC(=O)c1cccc(CCCCl)c1CCl. The van der Waals surface area contributed by atoms with E-state index < -0.39 is 0 Å². The Bertz CT molecular complexity index is 364. The molecular formula is C12H14Cl2O2. The molecule has 0 aliphatic carbocycles. The number of carbonyl (C=O) groups is 1. The Morgan fingerprint density at radius 3 is 2.69 bits per heavy atom. The molecule has 0 aliphatic heterocycles. The van der Waals surface area contributed by atoms with E-state index in [1.165, 1.54) is 7.11 Å². The van der Waals surface area contributed by atoms with E-state index in [0.29, 0.717) is 17.3 Å². The van der Waals surface area contributed by atoms with Crippen LogP contribution in [0.4, 0.5) is 0 Å². The number of methoxy groups -OCH3 is 1. The highest BCUT2D eigenvalue weighted by Crippen LogP contribution is 2.20. The molecule has 16 heavy (non-hydrogen) atoms. The van der Waals surface area contributed by atoms with Gasteiger partial charge >= 0.3 is 5.97 Å². The highest BCUT2D eigenvalue weighted by molar-refractivity contribution is 6.18. The van der Waals surface area contributed by atoms with Crippen molar-refractivity contribution in [1.29, 1.82) is 0 Å². The van der Waals surface area contributed by atoms with Crippen LogP contribution in [0.15, 0.2) is 18.2 Å². The second kappa shape index (κ2) is 6.77. The van der Waals surface area contributed by atoms with Gasteiger partial charge in [-0.25, -0.2) is 4.79 Å². The Labute approximate surface area is 106 Å². The molecule has 0 aromatic heterocycles. The minimum atomic E-state index is -0.344. The molecule has 1 aromatic carbocycles. The molecule has 0 spiro atoms.